The highest BCUT2D eigenvalue weighted by atomic mass is 32.1. The highest BCUT2D eigenvalue weighted by molar-refractivity contribution is 7.71. The van der Waals surface area contributed by atoms with E-state index in [1.54, 1.807) is 18.4 Å². The van der Waals surface area contributed by atoms with Gasteiger partial charge in [-0.3, -0.25) is 14.5 Å². The van der Waals surface area contributed by atoms with Crippen LogP contribution in [0.5, 0.6) is 5.75 Å². The lowest BCUT2D eigenvalue weighted by molar-refractivity contribution is -0.146. The van der Waals surface area contributed by atoms with E-state index in [0.717, 1.165) is 11.3 Å². The number of rotatable bonds is 9. The van der Waals surface area contributed by atoms with Gasteiger partial charge in [-0.25, -0.2) is 4.79 Å². The lowest BCUT2D eigenvalue weighted by Crippen LogP contribution is -2.39. The van der Waals surface area contributed by atoms with Crippen molar-refractivity contribution in [2.24, 2.45) is 0 Å². The normalized spacial score (nSPS) is 11.7. The fourth-order valence-electron chi connectivity index (χ4n) is 2.47. The first-order chi connectivity index (χ1) is 13.0. The molecule has 2 rings (SSSR count). The zero-order valence-corrected chi connectivity index (χ0v) is 16.5. The van der Waals surface area contributed by atoms with Crippen molar-refractivity contribution in [2.45, 2.75) is 39.8 Å². The van der Waals surface area contributed by atoms with Crippen molar-refractivity contribution in [3.05, 3.63) is 29.0 Å². The van der Waals surface area contributed by atoms with E-state index in [1.807, 2.05) is 31.2 Å². The van der Waals surface area contributed by atoms with Gasteiger partial charge in [0.15, 0.2) is 10.6 Å². The first kappa shape index (κ1) is 20.6. The minimum absolute atomic E-state index is 0.154. The fourth-order valence-corrected chi connectivity index (χ4v) is 2.69. The predicted octanol–water partition coefficient (Wildman–Crippen LogP) is 2.46. The SMILES string of the molecule is CCOC(=O)C(C)NC(=O)CCn1c(-c2ccc(OCC)cc2)n[nH]c1=S. The minimum atomic E-state index is -0.694. The standard InChI is InChI=1S/C18H24N4O4S/c1-4-25-14-8-6-13(7-9-14)16-20-21-18(27)22(16)11-10-15(23)19-12(3)17(24)26-5-2/h6-9,12H,4-5,10-11H2,1-3H3,(H,19,23)(H,21,27). The molecule has 1 amide bonds. The fraction of sp³-hybridized carbons (Fsp3) is 0.444. The quantitative estimate of drug-likeness (QED) is 0.502. The molecule has 1 aromatic heterocycles. The molecular formula is C18H24N4O4S. The van der Waals surface area contributed by atoms with E-state index in [2.05, 4.69) is 15.5 Å². The molecule has 0 saturated carbocycles. The van der Waals surface area contributed by atoms with E-state index >= 15 is 0 Å². The minimum Gasteiger partial charge on any atom is -0.494 e. The Bertz CT molecular complexity index is 829. The summed E-state index contributed by atoms with van der Waals surface area (Å²) in [4.78, 5) is 23.7. The van der Waals surface area contributed by atoms with E-state index in [4.69, 9.17) is 21.7 Å². The number of hydrogen-bond donors (Lipinski definition) is 2. The second kappa shape index (κ2) is 9.86. The Morgan fingerprint density at radius 3 is 2.59 bits per heavy atom. The number of aromatic amines is 1. The van der Waals surface area contributed by atoms with Crippen LogP contribution < -0.4 is 10.1 Å². The number of ether oxygens (including phenoxy) is 2. The highest BCUT2D eigenvalue weighted by Gasteiger charge is 2.17. The molecule has 0 fully saturated rings. The molecule has 8 nitrogen and oxygen atoms in total. The Hall–Kier alpha value is -2.68. The van der Waals surface area contributed by atoms with Gasteiger partial charge in [0.25, 0.3) is 0 Å². The van der Waals surface area contributed by atoms with Crippen molar-refractivity contribution >= 4 is 24.1 Å². The predicted molar refractivity (Wildman–Crippen MR) is 103 cm³/mol. The van der Waals surface area contributed by atoms with Crippen LogP contribution in [0.4, 0.5) is 0 Å². The summed E-state index contributed by atoms with van der Waals surface area (Å²) in [6, 6.07) is 6.79. The van der Waals surface area contributed by atoms with Gasteiger partial charge in [0.05, 0.1) is 13.2 Å². The monoisotopic (exact) mass is 392 g/mol. The maximum absolute atomic E-state index is 12.1. The first-order valence-electron chi connectivity index (χ1n) is 8.80. The maximum Gasteiger partial charge on any atom is 0.328 e. The van der Waals surface area contributed by atoms with Crippen LogP contribution in [-0.2, 0) is 20.9 Å². The van der Waals surface area contributed by atoms with Crippen LogP contribution in [0, 0.1) is 4.77 Å². The summed E-state index contributed by atoms with van der Waals surface area (Å²) >= 11 is 5.27. The summed E-state index contributed by atoms with van der Waals surface area (Å²) in [5.41, 5.74) is 0.853. The van der Waals surface area contributed by atoms with Crippen molar-refractivity contribution in [3.8, 4) is 17.1 Å². The van der Waals surface area contributed by atoms with Crippen molar-refractivity contribution in [1.29, 1.82) is 0 Å². The molecule has 0 aliphatic rings. The number of benzene rings is 1. The molecule has 0 aliphatic heterocycles. The molecule has 1 unspecified atom stereocenters. The topological polar surface area (TPSA) is 98.2 Å². The average molecular weight is 392 g/mol. The Balaban J connectivity index is 2.03. The van der Waals surface area contributed by atoms with Gasteiger partial charge in [0.1, 0.15) is 11.8 Å². The summed E-state index contributed by atoms with van der Waals surface area (Å²) in [5, 5.41) is 9.63. The Morgan fingerprint density at radius 1 is 1.26 bits per heavy atom. The molecule has 146 valence electrons. The Labute approximate surface area is 162 Å². The number of carbonyl (C=O) groups is 2. The summed E-state index contributed by atoms with van der Waals surface area (Å²) in [6.45, 7) is 6.43. The lowest BCUT2D eigenvalue weighted by atomic mass is 10.2. The van der Waals surface area contributed by atoms with Crippen LogP contribution in [0.2, 0.25) is 0 Å². The molecule has 9 heteroatoms. The number of amides is 1. The number of nitrogens with zero attached hydrogens (tertiary/aromatic N) is 2. The molecule has 2 aromatic rings. The van der Waals surface area contributed by atoms with Crippen LogP contribution in [-0.4, -0.2) is 45.9 Å². The number of H-pyrrole nitrogens is 1. The van der Waals surface area contributed by atoms with Gasteiger partial charge in [0.2, 0.25) is 5.91 Å². The summed E-state index contributed by atoms with van der Waals surface area (Å²) in [6.07, 6.45) is 0.154. The van der Waals surface area contributed by atoms with Crippen molar-refractivity contribution in [2.75, 3.05) is 13.2 Å². The van der Waals surface area contributed by atoms with Gasteiger partial charge in [-0.2, -0.15) is 5.10 Å². The van der Waals surface area contributed by atoms with Gasteiger partial charge in [0, 0.05) is 18.5 Å². The molecular weight excluding hydrogens is 368 g/mol. The number of carbonyl (C=O) groups excluding carboxylic acids is 2. The van der Waals surface area contributed by atoms with E-state index in [1.165, 1.54) is 0 Å². The molecule has 2 N–H and O–H groups in total. The van der Waals surface area contributed by atoms with Crippen LogP contribution in [0.3, 0.4) is 0 Å². The third-order valence-corrected chi connectivity index (χ3v) is 4.07. The molecule has 0 saturated heterocycles. The number of aromatic nitrogens is 3. The van der Waals surface area contributed by atoms with Crippen LogP contribution in [0.1, 0.15) is 27.2 Å². The van der Waals surface area contributed by atoms with Crippen LogP contribution >= 0.6 is 12.2 Å². The van der Waals surface area contributed by atoms with Crippen LogP contribution in [0.25, 0.3) is 11.4 Å². The third-order valence-electron chi connectivity index (χ3n) is 3.76. The Kier molecular flexibility index (Phi) is 7.54. The average Bonchev–Trinajstić information content (AvgIpc) is 3.01. The van der Waals surface area contributed by atoms with Crippen LogP contribution in [0.15, 0.2) is 24.3 Å². The second-order valence-corrected chi connectivity index (χ2v) is 6.14. The van der Waals surface area contributed by atoms with Crippen molar-refractivity contribution < 1.29 is 19.1 Å². The van der Waals surface area contributed by atoms with E-state index in [0.29, 0.717) is 23.7 Å². The molecule has 1 aromatic carbocycles. The van der Waals surface area contributed by atoms with E-state index < -0.39 is 12.0 Å². The zero-order chi connectivity index (χ0) is 19.8. The molecule has 1 heterocycles. The largest absolute Gasteiger partial charge is 0.494 e. The number of esters is 1. The first-order valence-corrected chi connectivity index (χ1v) is 9.21. The van der Waals surface area contributed by atoms with Gasteiger partial charge in [-0.05, 0) is 57.3 Å². The molecule has 0 aliphatic carbocycles. The third kappa shape index (κ3) is 5.65. The van der Waals surface area contributed by atoms with Gasteiger partial charge < -0.3 is 14.8 Å². The summed E-state index contributed by atoms with van der Waals surface area (Å²) in [7, 11) is 0. The van der Waals surface area contributed by atoms with Crippen molar-refractivity contribution in [1.82, 2.24) is 20.1 Å². The highest BCUT2D eigenvalue weighted by Crippen LogP contribution is 2.21. The maximum atomic E-state index is 12.1. The van der Waals surface area contributed by atoms with Gasteiger partial charge >= 0.3 is 5.97 Å². The molecule has 0 bridgehead atoms. The van der Waals surface area contributed by atoms with Crippen molar-refractivity contribution in [3.63, 3.8) is 0 Å². The van der Waals surface area contributed by atoms with E-state index in [-0.39, 0.29) is 18.9 Å². The van der Waals surface area contributed by atoms with Gasteiger partial charge in [-0.15, -0.1) is 0 Å². The van der Waals surface area contributed by atoms with Gasteiger partial charge in [-0.1, -0.05) is 0 Å². The summed E-state index contributed by atoms with van der Waals surface area (Å²) < 4.78 is 12.5. The summed E-state index contributed by atoms with van der Waals surface area (Å²) in [5.74, 6) is 0.681. The number of nitrogens with one attached hydrogen (secondary N) is 2. The smallest absolute Gasteiger partial charge is 0.328 e. The molecule has 0 spiro atoms. The Morgan fingerprint density at radius 2 is 1.96 bits per heavy atom. The zero-order valence-electron chi connectivity index (χ0n) is 15.7. The molecule has 0 radical (unpaired) electrons. The van der Waals surface area contributed by atoms with E-state index in [9.17, 15) is 9.59 Å². The lowest BCUT2D eigenvalue weighted by Gasteiger charge is -2.13. The molecule has 27 heavy (non-hydrogen) atoms. The number of hydrogen-bond acceptors (Lipinski definition) is 6. The second-order valence-electron chi connectivity index (χ2n) is 5.75. The molecule has 1 atom stereocenters.